The second-order valence-electron chi connectivity index (χ2n) is 6.25. The molecule has 1 aliphatic rings. The van der Waals surface area contributed by atoms with Gasteiger partial charge in [-0.1, -0.05) is 23.8 Å². The lowest BCUT2D eigenvalue weighted by molar-refractivity contribution is 0.0724. The minimum absolute atomic E-state index is 0.0136. The van der Waals surface area contributed by atoms with Gasteiger partial charge in [0, 0.05) is 29.9 Å². The predicted molar refractivity (Wildman–Crippen MR) is 95.3 cm³/mol. The van der Waals surface area contributed by atoms with Crippen LogP contribution in [-0.2, 0) is 0 Å². The molecule has 1 saturated heterocycles. The van der Waals surface area contributed by atoms with Gasteiger partial charge >= 0.3 is 0 Å². The molecule has 0 bridgehead atoms. The highest BCUT2D eigenvalue weighted by Crippen LogP contribution is 2.16. The van der Waals surface area contributed by atoms with Gasteiger partial charge in [-0.05, 0) is 56.5 Å². The van der Waals surface area contributed by atoms with Gasteiger partial charge in [0.25, 0.3) is 11.8 Å². The number of benzene rings is 2. The van der Waals surface area contributed by atoms with Crippen molar-refractivity contribution in [3.8, 4) is 0 Å². The van der Waals surface area contributed by atoms with Crippen molar-refractivity contribution in [1.29, 1.82) is 0 Å². The Balaban J connectivity index is 1.73. The molecular weight excluding hydrogens is 300 g/mol. The van der Waals surface area contributed by atoms with Crippen molar-refractivity contribution in [1.82, 2.24) is 4.90 Å². The SMILES string of the molecule is Cc1ccc(NC(=O)c2cccc(C(=O)N3CCCCC3)c2)cc1. The topological polar surface area (TPSA) is 49.4 Å². The first kappa shape index (κ1) is 16.2. The van der Waals surface area contributed by atoms with Gasteiger partial charge in [0.15, 0.2) is 0 Å². The molecule has 2 aromatic rings. The minimum atomic E-state index is -0.202. The largest absolute Gasteiger partial charge is 0.339 e. The molecule has 0 unspecified atom stereocenters. The number of rotatable bonds is 3. The average molecular weight is 322 g/mol. The van der Waals surface area contributed by atoms with Gasteiger partial charge in [-0.15, -0.1) is 0 Å². The third-order valence-corrected chi connectivity index (χ3v) is 4.32. The Morgan fingerprint density at radius 3 is 2.29 bits per heavy atom. The fourth-order valence-corrected chi connectivity index (χ4v) is 2.91. The highest BCUT2D eigenvalue weighted by Gasteiger charge is 2.19. The number of amides is 2. The monoisotopic (exact) mass is 322 g/mol. The number of carbonyl (C=O) groups excluding carboxylic acids is 2. The zero-order valence-corrected chi connectivity index (χ0v) is 13.9. The molecule has 0 aromatic heterocycles. The lowest BCUT2D eigenvalue weighted by atomic mass is 10.1. The number of hydrogen-bond acceptors (Lipinski definition) is 2. The van der Waals surface area contributed by atoms with Crippen LogP contribution in [0.1, 0.15) is 45.5 Å². The Hall–Kier alpha value is -2.62. The van der Waals surface area contributed by atoms with Crippen molar-refractivity contribution in [2.24, 2.45) is 0 Å². The van der Waals surface area contributed by atoms with Crippen molar-refractivity contribution in [2.75, 3.05) is 18.4 Å². The molecule has 0 aliphatic carbocycles. The molecule has 1 heterocycles. The number of nitrogens with one attached hydrogen (secondary N) is 1. The van der Waals surface area contributed by atoms with E-state index in [4.69, 9.17) is 0 Å². The second-order valence-corrected chi connectivity index (χ2v) is 6.25. The number of aryl methyl sites for hydroxylation is 1. The Labute approximate surface area is 142 Å². The third kappa shape index (κ3) is 3.82. The van der Waals surface area contributed by atoms with Crippen LogP contribution in [-0.4, -0.2) is 29.8 Å². The van der Waals surface area contributed by atoms with Crippen LogP contribution in [0.3, 0.4) is 0 Å². The van der Waals surface area contributed by atoms with Crippen LogP contribution in [0.5, 0.6) is 0 Å². The molecule has 0 spiro atoms. The van der Waals surface area contributed by atoms with E-state index < -0.39 is 0 Å². The summed E-state index contributed by atoms with van der Waals surface area (Å²) < 4.78 is 0. The molecule has 0 radical (unpaired) electrons. The Kier molecular flexibility index (Phi) is 4.94. The molecule has 0 atom stereocenters. The van der Waals surface area contributed by atoms with Crippen LogP contribution in [0.2, 0.25) is 0 Å². The minimum Gasteiger partial charge on any atom is -0.339 e. The van der Waals surface area contributed by atoms with Crippen molar-refractivity contribution in [2.45, 2.75) is 26.2 Å². The number of anilines is 1. The van der Waals surface area contributed by atoms with E-state index in [9.17, 15) is 9.59 Å². The lowest BCUT2D eigenvalue weighted by Crippen LogP contribution is -2.35. The van der Waals surface area contributed by atoms with E-state index in [-0.39, 0.29) is 11.8 Å². The summed E-state index contributed by atoms with van der Waals surface area (Å²) >= 11 is 0. The van der Waals surface area contributed by atoms with E-state index >= 15 is 0 Å². The fourth-order valence-electron chi connectivity index (χ4n) is 2.91. The van der Waals surface area contributed by atoms with Crippen molar-refractivity contribution in [3.63, 3.8) is 0 Å². The number of nitrogens with zero attached hydrogens (tertiary/aromatic N) is 1. The van der Waals surface area contributed by atoms with Gasteiger partial charge in [0.2, 0.25) is 0 Å². The van der Waals surface area contributed by atoms with Crippen LogP contribution < -0.4 is 5.32 Å². The normalized spacial score (nSPS) is 14.3. The molecule has 24 heavy (non-hydrogen) atoms. The van der Waals surface area contributed by atoms with Gasteiger partial charge in [-0.2, -0.15) is 0 Å². The Bertz CT molecular complexity index is 732. The number of hydrogen-bond donors (Lipinski definition) is 1. The highest BCUT2D eigenvalue weighted by molar-refractivity contribution is 6.06. The van der Waals surface area contributed by atoms with Crippen LogP contribution in [0.15, 0.2) is 48.5 Å². The molecule has 3 rings (SSSR count). The maximum atomic E-state index is 12.6. The van der Waals surface area contributed by atoms with E-state index in [1.807, 2.05) is 36.1 Å². The van der Waals surface area contributed by atoms with Gasteiger partial charge in [-0.25, -0.2) is 0 Å². The first-order valence-corrected chi connectivity index (χ1v) is 8.41. The summed E-state index contributed by atoms with van der Waals surface area (Å²) in [6, 6.07) is 14.6. The van der Waals surface area contributed by atoms with Gasteiger partial charge in [0.05, 0.1) is 0 Å². The summed E-state index contributed by atoms with van der Waals surface area (Å²) in [5.74, 6) is -0.188. The van der Waals surface area contributed by atoms with Gasteiger partial charge in [-0.3, -0.25) is 9.59 Å². The standard InChI is InChI=1S/C20H22N2O2/c1-15-8-10-18(11-9-15)21-19(23)16-6-5-7-17(14-16)20(24)22-12-3-2-4-13-22/h5-11,14H,2-4,12-13H2,1H3,(H,21,23). The predicted octanol–water partition coefficient (Wildman–Crippen LogP) is 3.87. The number of carbonyl (C=O) groups is 2. The summed E-state index contributed by atoms with van der Waals surface area (Å²) in [7, 11) is 0. The second kappa shape index (κ2) is 7.30. The summed E-state index contributed by atoms with van der Waals surface area (Å²) in [5.41, 5.74) is 2.97. The molecule has 1 fully saturated rings. The summed E-state index contributed by atoms with van der Waals surface area (Å²) in [6.07, 6.45) is 3.29. The first-order chi connectivity index (χ1) is 11.6. The quantitative estimate of drug-likeness (QED) is 0.932. The van der Waals surface area contributed by atoms with E-state index in [1.54, 1.807) is 24.3 Å². The van der Waals surface area contributed by atoms with Gasteiger partial charge in [0.1, 0.15) is 0 Å². The summed E-state index contributed by atoms with van der Waals surface area (Å²) in [6.45, 7) is 3.61. The lowest BCUT2D eigenvalue weighted by Gasteiger charge is -2.26. The molecule has 1 N–H and O–H groups in total. The van der Waals surface area contributed by atoms with Crippen molar-refractivity contribution >= 4 is 17.5 Å². The van der Waals surface area contributed by atoms with Crippen LogP contribution in [0, 0.1) is 6.92 Å². The number of piperidine rings is 1. The zero-order chi connectivity index (χ0) is 16.9. The van der Waals surface area contributed by atoms with Crippen molar-refractivity contribution in [3.05, 3.63) is 65.2 Å². The summed E-state index contributed by atoms with van der Waals surface area (Å²) in [4.78, 5) is 26.9. The molecule has 124 valence electrons. The third-order valence-electron chi connectivity index (χ3n) is 4.32. The zero-order valence-electron chi connectivity index (χ0n) is 13.9. The van der Waals surface area contributed by atoms with E-state index in [1.165, 1.54) is 6.42 Å². The smallest absolute Gasteiger partial charge is 0.255 e. The fraction of sp³-hybridized carbons (Fsp3) is 0.300. The van der Waals surface area contributed by atoms with E-state index in [0.29, 0.717) is 11.1 Å². The molecule has 2 aromatic carbocycles. The highest BCUT2D eigenvalue weighted by atomic mass is 16.2. The first-order valence-electron chi connectivity index (χ1n) is 8.41. The van der Waals surface area contributed by atoms with Crippen LogP contribution in [0.4, 0.5) is 5.69 Å². The Morgan fingerprint density at radius 2 is 1.58 bits per heavy atom. The van der Waals surface area contributed by atoms with Gasteiger partial charge < -0.3 is 10.2 Å². The molecule has 0 saturated carbocycles. The maximum Gasteiger partial charge on any atom is 0.255 e. The molecule has 2 amide bonds. The van der Waals surface area contributed by atoms with E-state index in [2.05, 4.69) is 5.32 Å². The van der Waals surface area contributed by atoms with Crippen LogP contribution in [0.25, 0.3) is 0 Å². The number of likely N-dealkylation sites (tertiary alicyclic amines) is 1. The van der Waals surface area contributed by atoms with Crippen molar-refractivity contribution < 1.29 is 9.59 Å². The van der Waals surface area contributed by atoms with E-state index in [0.717, 1.165) is 37.2 Å². The molecular formula is C20H22N2O2. The molecule has 1 aliphatic heterocycles. The maximum absolute atomic E-state index is 12.6. The molecule has 4 nitrogen and oxygen atoms in total. The molecule has 4 heteroatoms. The summed E-state index contributed by atoms with van der Waals surface area (Å²) in [5, 5.41) is 2.87. The van der Waals surface area contributed by atoms with Crippen LogP contribution >= 0.6 is 0 Å². The Morgan fingerprint density at radius 1 is 0.917 bits per heavy atom. The average Bonchev–Trinajstić information content (AvgIpc) is 2.64.